The van der Waals surface area contributed by atoms with E-state index in [0.717, 1.165) is 13.1 Å². The van der Waals surface area contributed by atoms with Crippen molar-refractivity contribution in [3.63, 3.8) is 0 Å². The third-order valence-electron chi connectivity index (χ3n) is 2.04. The maximum absolute atomic E-state index is 11.0. The fraction of sp³-hybridized carbons (Fsp3) is 1.00. The summed E-state index contributed by atoms with van der Waals surface area (Å²) in [5.74, 6) is 0. The van der Waals surface area contributed by atoms with Crippen LogP contribution in [0.1, 0.15) is 32.6 Å². The predicted molar refractivity (Wildman–Crippen MR) is 58.7 cm³/mol. The van der Waals surface area contributed by atoms with Crippen LogP contribution in [0.4, 0.5) is 0 Å². The molecule has 0 bridgehead atoms. The van der Waals surface area contributed by atoms with E-state index in [-0.39, 0.29) is 6.16 Å². The number of rotatable bonds is 9. The van der Waals surface area contributed by atoms with Gasteiger partial charge in [-0.05, 0) is 25.9 Å². The number of unbranched alkanes of at least 4 members (excludes halogenated alkanes) is 2. The largest absolute Gasteiger partial charge is 0.327 e. The Morgan fingerprint density at radius 3 is 2.50 bits per heavy atom. The van der Waals surface area contributed by atoms with E-state index in [2.05, 4.69) is 16.8 Å². The van der Waals surface area contributed by atoms with E-state index in [9.17, 15) is 4.57 Å². The van der Waals surface area contributed by atoms with Crippen LogP contribution in [0.2, 0.25) is 0 Å². The zero-order chi connectivity index (χ0) is 10.9. The minimum atomic E-state index is -3.27. The first kappa shape index (κ1) is 14.1. The molecule has 1 unspecified atom stereocenters. The van der Waals surface area contributed by atoms with Gasteiger partial charge in [0.1, 0.15) is 0 Å². The van der Waals surface area contributed by atoms with Crippen molar-refractivity contribution in [2.24, 2.45) is 0 Å². The Morgan fingerprint density at radius 2 is 1.93 bits per heavy atom. The van der Waals surface area contributed by atoms with Gasteiger partial charge in [0.05, 0.1) is 6.16 Å². The van der Waals surface area contributed by atoms with Crippen LogP contribution in [0.25, 0.3) is 0 Å². The molecule has 0 amide bonds. The molecule has 0 radical (unpaired) electrons. The van der Waals surface area contributed by atoms with Crippen molar-refractivity contribution < 1.29 is 14.0 Å². The van der Waals surface area contributed by atoms with Crippen LogP contribution in [0.15, 0.2) is 0 Å². The summed E-state index contributed by atoms with van der Waals surface area (Å²) in [5.41, 5.74) is 0. The molecule has 0 saturated carbocycles. The second-order valence-electron chi connectivity index (χ2n) is 3.35. The lowest BCUT2D eigenvalue weighted by atomic mass is 10.2. The molecule has 1 atom stereocenters. The van der Waals surface area contributed by atoms with Gasteiger partial charge in [-0.25, -0.2) is 0 Å². The van der Waals surface area contributed by atoms with Crippen molar-refractivity contribution in [2.75, 3.05) is 26.4 Å². The first-order valence-corrected chi connectivity index (χ1v) is 6.97. The Bertz CT molecular complexity index is 175. The van der Waals surface area contributed by atoms with Crippen LogP contribution in [0, 0.1) is 0 Å². The lowest BCUT2D eigenvalue weighted by Gasteiger charge is -2.08. The number of hydrogen-bond acceptors (Lipinski definition) is 3. The van der Waals surface area contributed by atoms with E-state index in [1.807, 2.05) is 0 Å². The molecule has 0 spiro atoms. The molecular formula is C9H22NO3P. The van der Waals surface area contributed by atoms with E-state index < -0.39 is 7.60 Å². The predicted octanol–water partition coefficient (Wildman–Crippen LogP) is 1.99. The highest BCUT2D eigenvalue weighted by Crippen LogP contribution is 2.40. The molecule has 0 aliphatic carbocycles. The second-order valence-corrected chi connectivity index (χ2v) is 5.44. The summed E-state index contributed by atoms with van der Waals surface area (Å²) in [5, 5.41) is 3.23. The van der Waals surface area contributed by atoms with Gasteiger partial charge in [0.25, 0.3) is 0 Å². The summed E-state index contributed by atoms with van der Waals surface area (Å²) in [6, 6.07) is 0. The summed E-state index contributed by atoms with van der Waals surface area (Å²) in [7, 11) is -2.00. The minimum absolute atomic E-state index is 0.240. The summed E-state index contributed by atoms with van der Waals surface area (Å²) in [6.07, 6.45) is 4.57. The van der Waals surface area contributed by atoms with E-state index in [4.69, 9.17) is 4.89 Å². The van der Waals surface area contributed by atoms with Crippen molar-refractivity contribution >= 4 is 7.60 Å². The average molecular weight is 223 g/mol. The van der Waals surface area contributed by atoms with Gasteiger partial charge < -0.3 is 14.7 Å². The molecule has 5 heteroatoms. The van der Waals surface area contributed by atoms with Gasteiger partial charge >= 0.3 is 7.60 Å². The van der Waals surface area contributed by atoms with E-state index in [1.165, 1.54) is 26.4 Å². The highest BCUT2D eigenvalue weighted by atomic mass is 31.2. The molecule has 0 aromatic carbocycles. The summed E-state index contributed by atoms with van der Waals surface area (Å²) in [6.45, 7) is 3.95. The van der Waals surface area contributed by atoms with Gasteiger partial charge in [-0.15, -0.1) is 0 Å². The van der Waals surface area contributed by atoms with Gasteiger partial charge in [0, 0.05) is 7.11 Å². The monoisotopic (exact) mass is 223 g/mol. The topological polar surface area (TPSA) is 58.6 Å². The lowest BCUT2D eigenvalue weighted by molar-refractivity contribution is 0.314. The molecule has 0 aromatic rings. The molecule has 0 fully saturated rings. The normalized spacial score (nSPS) is 15.4. The molecule has 0 rings (SSSR count). The molecule has 0 heterocycles. The fourth-order valence-corrected chi connectivity index (χ4v) is 1.86. The first-order chi connectivity index (χ1) is 6.62. The van der Waals surface area contributed by atoms with Crippen LogP contribution in [0.5, 0.6) is 0 Å². The molecule has 14 heavy (non-hydrogen) atoms. The fourth-order valence-electron chi connectivity index (χ4n) is 1.12. The maximum atomic E-state index is 11.0. The zero-order valence-electron chi connectivity index (χ0n) is 9.16. The average Bonchev–Trinajstić information content (AvgIpc) is 2.16. The highest BCUT2D eigenvalue weighted by Gasteiger charge is 2.15. The summed E-state index contributed by atoms with van der Waals surface area (Å²) >= 11 is 0. The van der Waals surface area contributed by atoms with Gasteiger partial charge in [-0.2, -0.15) is 0 Å². The van der Waals surface area contributed by atoms with Crippen LogP contribution in [-0.2, 0) is 9.09 Å². The minimum Gasteiger partial charge on any atom is -0.324 e. The Balaban J connectivity index is 3.17. The molecular weight excluding hydrogens is 201 g/mol. The lowest BCUT2D eigenvalue weighted by Crippen LogP contribution is -2.17. The van der Waals surface area contributed by atoms with Crippen LogP contribution in [0.3, 0.4) is 0 Å². The number of nitrogens with one attached hydrogen (secondary N) is 1. The van der Waals surface area contributed by atoms with Crippen LogP contribution >= 0.6 is 7.60 Å². The standard InChI is InChI=1S/C9H22NO3P/c1-3-4-5-7-10-8-6-9-14(11,12)13-2/h10H,3-9H2,1-2H3,(H,11,12). The Hall–Kier alpha value is 0.110. The van der Waals surface area contributed by atoms with Crippen molar-refractivity contribution in [1.82, 2.24) is 5.32 Å². The van der Waals surface area contributed by atoms with Crippen LogP contribution < -0.4 is 5.32 Å². The van der Waals surface area contributed by atoms with Gasteiger partial charge in [0.15, 0.2) is 0 Å². The molecule has 0 aliphatic heterocycles. The molecule has 0 saturated heterocycles. The highest BCUT2D eigenvalue weighted by molar-refractivity contribution is 7.52. The summed E-state index contributed by atoms with van der Waals surface area (Å²) < 4.78 is 15.5. The maximum Gasteiger partial charge on any atom is 0.327 e. The first-order valence-electron chi connectivity index (χ1n) is 5.20. The Morgan fingerprint density at radius 1 is 1.29 bits per heavy atom. The van der Waals surface area contributed by atoms with E-state index >= 15 is 0 Å². The van der Waals surface area contributed by atoms with E-state index in [0.29, 0.717) is 6.42 Å². The molecule has 0 aromatic heterocycles. The zero-order valence-corrected chi connectivity index (χ0v) is 10.1. The third kappa shape index (κ3) is 8.70. The molecule has 0 aliphatic rings. The van der Waals surface area contributed by atoms with Gasteiger partial charge in [-0.3, -0.25) is 4.57 Å². The third-order valence-corrected chi connectivity index (χ3v) is 3.49. The molecule has 86 valence electrons. The molecule has 4 nitrogen and oxygen atoms in total. The second kappa shape index (κ2) is 8.42. The van der Waals surface area contributed by atoms with Crippen molar-refractivity contribution in [1.29, 1.82) is 0 Å². The summed E-state index contributed by atoms with van der Waals surface area (Å²) in [4.78, 5) is 9.07. The van der Waals surface area contributed by atoms with Crippen molar-refractivity contribution in [3.05, 3.63) is 0 Å². The van der Waals surface area contributed by atoms with Gasteiger partial charge in [0.2, 0.25) is 0 Å². The Labute approximate surface area is 86.6 Å². The smallest absolute Gasteiger partial charge is 0.324 e. The van der Waals surface area contributed by atoms with Gasteiger partial charge in [-0.1, -0.05) is 19.8 Å². The van der Waals surface area contributed by atoms with Crippen molar-refractivity contribution in [2.45, 2.75) is 32.6 Å². The quantitative estimate of drug-likeness (QED) is 0.463. The Kier molecular flexibility index (Phi) is 8.49. The van der Waals surface area contributed by atoms with Crippen molar-refractivity contribution in [3.8, 4) is 0 Å². The number of hydrogen-bond donors (Lipinski definition) is 2. The van der Waals surface area contributed by atoms with Crippen LogP contribution in [-0.4, -0.2) is 31.3 Å². The van der Waals surface area contributed by atoms with E-state index in [1.54, 1.807) is 0 Å². The molecule has 2 N–H and O–H groups in total. The SMILES string of the molecule is CCCCCNCCCP(=O)(O)OC.